The first-order valence-corrected chi connectivity index (χ1v) is 11.9. The van der Waals surface area contributed by atoms with Crippen molar-refractivity contribution in [2.45, 2.75) is 24.9 Å². The van der Waals surface area contributed by atoms with Crippen LogP contribution in [0.25, 0.3) is 17.0 Å². The highest BCUT2D eigenvalue weighted by atomic mass is 19.4. The number of allylic oxidation sites excluding steroid dienone is 1. The maximum Gasteiger partial charge on any atom is 0.417 e. The zero-order valence-electron chi connectivity index (χ0n) is 20.7. The highest BCUT2D eigenvalue weighted by molar-refractivity contribution is 6.06. The van der Waals surface area contributed by atoms with Crippen LogP contribution in [0.1, 0.15) is 46.1 Å². The van der Waals surface area contributed by atoms with Gasteiger partial charge in [0.2, 0.25) is 5.91 Å². The topological polar surface area (TPSA) is 122 Å². The summed E-state index contributed by atoms with van der Waals surface area (Å²) in [4.78, 5) is 38.0. The summed E-state index contributed by atoms with van der Waals surface area (Å²) < 4.78 is 55.7. The second-order valence-corrected chi connectivity index (χ2v) is 8.70. The van der Waals surface area contributed by atoms with Gasteiger partial charge in [0.15, 0.2) is 0 Å². The molecular weight excluding hydrogens is 516 g/mol. The number of carbonyl (C=O) groups is 2. The summed E-state index contributed by atoms with van der Waals surface area (Å²) in [5.41, 5.74) is 3.79. The van der Waals surface area contributed by atoms with Crippen LogP contribution in [0.2, 0.25) is 0 Å². The van der Waals surface area contributed by atoms with Crippen LogP contribution in [0.15, 0.2) is 59.7 Å². The van der Waals surface area contributed by atoms with Gasteiger partial charge in [-0.3, -0.25) is 14.6 Å². The zero-order chi connectivity index (χ0) is 28.2. The molecule has 0 spiro atoms. The maximum absolute atomic E-state index is 14.9. The average molecular weight is 541 g/mol. The molecule has 2 aromatic carbocycles. The minimum absolute atomic E-state index is 0.0774. The quantitative estimate of drug-likeness (QED) is 0.313. The number of hydrogen-bond donors (Lipinski definition) is 3. The molecule has 0 bridgehead atoms. The molecule has 1 aliphatic heterocycles. The number of benzene rings is 2. The molecule has 1 fully saturated rings. The van der Waals surface area contributed by atoms with Crippen molar-refractivity contribution in [3.05, 3.63) is 83.1 Å². The Morgan fingerprint density at radius 3 is 2.62 bits per heavy atom. The van der Waals surface area contributed by atoms with Crippen LogP contribution < -0.4 is 16.4 Å². The summed E-state index contributed by atoms with van der Waals surface area (Å²) in [6, 6.07) is 9.68. The minimum Gasteiger partial charge on any atom is -0.398 e. The van der Waals surface area contributed by atoms with E-state index in [1.54, 1.807) is 30.3 Å². The van der Waals surface area contributed by atoms with E-state index in [1.165, 1.54) is 19.5 Å². The van der Waals surface area contributed by atoms with Gasteiger partial charge in [-0.2, -0.15) is 13.2 Å². The Labute approximate surface area is 221 Å². The number of alkyl halides is 3. The standard InChI is InChI=1S/C27H24F4N6O2/c1-33-11-9-21(32)17-12-18(20(28)13-19(17)27(29,30)31)26(39)36-22-14-35-24(16-8-5-10-34-25(16)38)37-23(22)15-6-3-2-4-7-15/h2-4,6-7,9,11-14,16H,5,8,10,32H2,1H3,(H,34,38)(H,36,39). The number of piperidine rings is 1. The van der Waals surface area contributed by atoms with Crippen LogP contribution in [0, 0.1) is 5.82 Å². The predicted molar refractivity (Wildman–Crippen MR) is 138 cm³/mol. The van der Waals surface area contributed by atoms with Crippen molar-refractivity contribution in [3.63, 3.8) is 0 Å². The fourth-order valence-electron chi connectivity index (χ4n) is 4.14. The fourth-order valence-corrected chi connectivity index (χ4v) is 4.14. The summed E-state index contributed by atoms with van der Waals surface area (Å²) in [6.45, 7) is 0.556. The Balaban J connectivity index is 1.76. The van der Waals surface area contributed by atoms with Gasteiger partial charge in [-0.15, -0.1) is 0 Å². The van der Waals surface area contributed by atoms with Crippen molar-refractivity contribution in [1.29, 1.82) is 0 Å². The summed E-state index contributed by atoms with van der Waals surface area (Å²) >= 11 is 0. The van der Waals surface area contributed by atoms with Gasteiger partial charge in [-0.05, 0) is 31.1 Å². The summed E-state index contributed by atoms with van der Waals surface area (Å²) in [6.07, 6.45) is -0.0527. The lowest BCUT2D eigenvalue weighted by atomic mass is 9.97. The van der Waals surface area contributed by atoms with E-state index in [0.717, 1.165) is 18.6 Å². The number of carbonyl (C=O) groups excluding carboxylic acids is 2. The number of amides is 2. The van der Waals surface area contributed by atoms with Crippen LogP contribution in [0.4, 0.5) is 23.2 Å². The van der Waals surface area contributed by atoms with E-state index in [1.807, 2.05) is 0 Å². The van der Waals surface area contributed by atoms with Crippen LogP contribution in [0.3, 0.4) is 0 Å². The second kappa shape index (κ2) is 11.4. The van der Waals surface area contributed by atoms with Crippen LogP contribution in [0.5, 0.6) is 0 Å². The third-order valence-electron chi connectivity index (χ3n) is 6.07. The Kier molecular flexibility index (Phi) is 8.03. The summed E-state index contributed by atoms with van der Waals surface area (Å²) in [7, 11) is 1.40. The van der Waals surface area contributed by atoms with Crippen molar-refractivity contribution in [1.82, 2.24) is 15.3 Å². The highest BCUT2D eigenvalue weighted by Gasteiger charge is 2.36. The third kappa shape index (κ3) is 6.11. The Morgan fingerprint density at radius 1 is 1.21 bits per heavy atom. The van der Waals surface area contributed by atoms with Crippen molar-refractivity contribution in [2.75, 3.05) is 18.9 Å². The Bertz CT molecular complexity index is 1450. The first-order chi connectivity index (χ1) is 18.6. The molecule has 1 atom stereocenters. The van der Waals surface area contributed by atoms with Gasteiger partial charge in [0.05, 0.1) is 34.6 Å². The predicted octanol–water partition coefficient (Wildman–Crippen LogP) is 4.55. The van der Waals surface area contributed by atoms with E-state index in [2.05, 4.69) is 25.6 Å². The van der Waals surface area contributed by atoms with Gasteiger partial charge < -0.3 is 16.4 Å². The molecule has 3 aromatic rings. The molecule has 0 radical (unpaired) electrons. The molecule has 1 aromatic heterocycles. The first-order valence-electron chi connectivity index (χ1n) is 11.9. The molecule has 12 heteroatoms. The number of rotatable bonds is 6. The fraction of sp³-hybridized carbons (Fsp3) is 0.222. The molecule has 4 N–H and O–H groups in total. The van der Waals surface area contributed by atoms with E-state index < -0.39 is 40.5 Å². The van der Waals surface area contributed by atoms with E-state index in [0.29, 0.717) is 18.5 Å². The molecule has 1 unspecified atom stereocenters. The lowest BCUT2D eigenvalue weighted by Gasteiger charge is -2.21. The SMILES string of the molecule is CN=CC=C(N)c1cc(C(=O)Nc2cnc(C3CCCNC3=O)nc2-c2ccccc2)c(F)cc1C(F)(F)F. The van der Waals surface area contributed by atoms with Gasteiger partial charge >= 0.3 is 6.18 Å². The van der Waals surface area contributed by atoms with Crippen LogP contribution in [-0.4, -0.2) is 41.6 Å². The molecule has 8 nitrogen and oxygen atoms in total. The number of nitrogens with two attached hydrogens (primary N) is 1. The normalized spacial score (nSPS) is 16.3. The molecule has 0 aliphatic carbocycles. The lowest BCUT2D eigenvalue weighted by Crippen LogP contribution is -2.36. The largest absolute Gasteiger partial charge is 0.417 e. The zero-order valence-corrected chi connectivity index (χ0v) is 20.7. The summed E-state index contributed by atoms with van der Waals surface area (Å²) in [5, 5.41) is 5.28. The van der Waals surface area contributed by atoms with Crippen molar-refractivity contribution < 1.29 is 27.2 Å². The van der Waals surface area contributed by atoms with Gasteiger partial charge in [0.1, 0.15) is 11.6 Å². The third-order valence-corrected chi connectivity index (χ3v) is 6.07. The molecule has 0 saturated carbocycles. The van der Waals surface area contributed by atoms with E-state index in [9.17, 15) is 27.2 Å². The Hall–Kier alpha value is -4.61. The van der Waals surface area contributed by atoms with Crippen LogP contribution in [-0.2, 0) is 11.0 Å². The number of halogens is 4. The number of aromatic nitrogens is 2. The van der Waals surface area contributed by atoms with Crippen molar-refractivity contribution in [3.8, 4) is 11.3 Å². The summed E-state index contributed by atoms with van der Waals surface area (Å²) in [5.74, 6) is -2.97. The van der Waals surface area contributed by atoms with Gasteiger partial charge in [0, 0.05) is 36.6 Å². The van der Waals surface area contributed by atoms with E-state index in [4.69, 9.17) is 5.73 Å². The number of aliphatic imine (C=N–C) groups is 1. The van der Waals surface area contributed by atoms with E-state index in [-0.39, 0.29) is 34.9 Å². The lowest BCUT2D eigenvalue weighted by molar-refractivity contribution is -0.138. The first kappa shape index (κ1) is 27.4. The van der Waals surface area contributed by atoms with E-state index >= 15 is 0 Å². The monoisotopic (exact) mass is 540 g/mol. The molecule has 2 amide bonds. The van der Waals surface area contributed by atoms with Gasteiger partial charge in [-0.25, -0.2) is 14.4 Å². The van der Waals surface area contributed by atoms with Crippen molar-refractivity contribution >= 4 is 29.4 Å². The van der Waals surface area contributed by atoms with Crippen LogP contribution >= 0.6 is 0 Å². The molecule has 4 rings (SSSR count). The smallest absolute Gasteiger partial charge is 0.398 e. The highest BCUT2D eigenvalue weighted by Crippen LogP contribution is 2.36. The number of nitrogens with zero attached hydrogens (tertiary/aromatic N) is 3. The molecule has 1 saturated heterocycles. The minimum atomic E-state index is -4.93. The molecule has 1 aliphatic rings. The number of hydrogen-bond acceptors (Lipinski definition) is 6. The Morgan fingerprint density at radius 2 is 1.95 bits per heavy atom. The van der Waals surface area contributed by atoms with Crippen molar-refractivity contribution in [2.24, 2.45) is 10.7 Å². The average Bonchev–Trinajstić information content (AvgIpc) is 2.92. The maximum atomic E-state index is 14.9. The van der Waals surface area contributed by atoms with Gasteiger partial charge in [0.25, 0.3) is 5.91 Å². The van der Waals surface area contributed by atoms with Gasteiger partial charge in [-0.1, -0.05) is 30.3 Å². The molecule has 2 heterocycles. The molecular formula is C27H24F4N6O2. The number of nitrogens with one attached hydrogen (secondary N) is 2. The second-order valence-electron chi connectivity index (χ2n) is 8.70. The molecule has 202 valence electrons. The molecule has 39 heavy (non-hydrogen) atoms. The number of anilines is 1.